The zero-order valence-corrected chi connectivity index (χ0v) is 8.32. The van der Waals surface area contributed by atoms with Crippen molar-refractivity contribution in [2.75, 3.05) is 7.11 Å². The lowest BCUT2D eigenvalue weighted by Gasteiger charge is -1.98. The highest BCUT2D eigenvalue weighted by atomic mass is 16.5. The molecule has 0 unspecified atom stereocenters. The molecule has 2 aromatic rings. The second kappa shape index (κ2) is 3.65. The summed E-state index contributed by atoms with van der Waals surface area (Å²) in [6.07, 6.45) is 0.109. The molecule has 4 nitrogen and oxygen atoms in total. The number of nitrogens with two attached hydrogens (primary N) is 1. The van der Waals surface area contributed by atoms with E-state index in [4.69, 9.17) is 14.9 Å². The van der Waals surface area contributed by atoms with Crippen LogP contribution in [0.4, 0.5) is 0 Å². The van der Waals surface area contributed by atoms with E-state index < -0.39 is 5.91 Å². The molecule has 1 aromatic heterocycles. The first-order valence-corrected chi connectivity index (χ1v) is 4.54. The van der Waals surface area contributed by atoms with Crippen molar-refractivity contribution in [2.45, 2.75) is 6.42 Å². The smallest absolute Gasteiger partial charge is 0.225 e. The number of amides is 1. The average Bonchev–Trinajstić information content (AvgIpc) is 2.58. The predicted molar refractivity (Wildman–Crippen MR) is 55.7 cm³/mol. The fourth-order valence-corrected chi connectivity index (χ4v) is 1.51. The van der Waals surface area contributed by atoms with Gasteiger partial charge in [-0.3, -0.25) is 4.79 Å². The Bertz CT molecular complexity index is 502. The van der Waals surface area contributed by atoms with Crippen molar-refractivity contribution in [1.82, 2.24) is 0 Å². The van der Waals surface area contributed by atoms with Crippen LogP contribution in [0.2, 0.25) is 0 Å². The number of furan rings is 1. The number of hydrogen-bond donors (Lipinski definition) is 1. The van der Waals surface area contributed by atoms with Gasteiger partial charge < -0.3 is 14.9 Å². The van der Waals surface area contributed by atoms with Crippen LogP contribution in [0.5, 0.6) is 5.75 Å². The molecule has 2 rings (SSSR count). The molecule has 1 heterocycles. The summed E-state index contributed by atoms with van der Waals surface area (Å²) in [5, 5.41) is 0.908. The third-order valence-corrected chi connectivity index (χ3v) is 2.13. The number of fused-ring (bicyclic) bond motifs is 1. The van der Waals surface area contributed by atoms with Gasteiger partial charge in [0, 0.05) is 5.39 Å². The van der Waals surface area contributed by atoms with Gasteiger partial charge in [-0.2, -0.15) is 0 Å². The average molecular weight is 205 g/mol. The number of carbonyl (C=O) groups excluding carboxylic acids is 1. The minimum Gasteiger partial charge on any atom is -0.493 e. The molecule has 15 heavy (non-hydrogen) atoms. The van der Waals surface area contributed by atoms with Crippen LogP contribution in [0.25, 0.3) is 11.0 Å². The first-order valence-electron chi connectivity index (χ1n) is 4.54. The number of para-hydroxylation sites is 1. The number of hydrogen-bond acceptors (Lipinski definition) is 3. The molecule has 0 atom stereocenters. The zero-order chi connectivity index (χ0) is 10.8. The quantitative estimate of drug-likeness (QED) is 0.825. The molecule has 4 heteroatoms. The van der Waals surface area contributed by atoms with Gasteiger partial charge in [0.2, 0.25) is 5.91 Å². The second-order valence-corrected chi connectivity index (χ2v) is 3.23. The van der Waals surface area contributed by atoms with Crippen LogP contribution in [0.1, 0.15) is 5.76 Å². The number of rotatable bonds is 3. The van der Waals surface area contributed by atoms with E-state index in [1.54, 1.807) is 19.2 Å². The molecule has 1 amide bonds. The fraction of sp³-hybridized carbons (Fsp3) is 0.182. The Morgan fingerprint density at radius 1 is 1.53 bits per heavy atom. The molecule has 0 saturated carbocycles. The Morgan fingerprint density at radius 2 is 2.33 bits per heavy atom. The van der Waals surface area contributed by atoms with Crippen molar-refractivity contribution < 1.29 is 13.9 Å². The van der Waals surface area contributed by atoms with Crippen LogP contribution in [0, 0.1) is 0 Å². The molecule has 0 aliphatic carbocycles. The van der Waals surface area contributed by atoms with E-state index in [-0.39, 0.29) is 6.42 Å². The highest BCUT2D eigenvalue weighted by molar-refractivity contribution is 5.85. The Balaban J connectivity index is 2.50. The molecule has 78 valence electrons. The summed E-state index contributed by atoms with van der Waals surface area (Å²) in [6.45, 7) is 0. The molecule has 1 aromatic carbocycles. The van der Waals surface area contributed by atoms with Gasteiger partial charge in [0.15, 0.2) is 11.3 Å². The summed E-state index contributed by atoms with van der Waals surface area (Å²) in [5.41, 5.74) is 5.74. The van der Waals surface area contributed by atoms with Gasteiger partial charge in [-0.05, 0) is 12.1 Å². The van der Waals surface area contributed by atoms with Gasteiger partial charge in [0.25, 0.3) is 0 Å². The van der Waals surface area contributed by atoms with Crippen LogP contribution < -0.4 is 10.5 Å². The SMILES string of the molecule is COc1cccc2cc(CC(N)=O)oc12. The first-order chi connectivity index (χ1) is 7.20. The van der Waals surface area contributed by atoms with Gasteiger partial charge in [-0.15, -0.1) is 0 Å². The summed E-state index contributed by atoms with van der Waals surface area (Å²) in [6, 6.07) is 7.36. The van der Waals surface area contributed by atoms with Crippen LogP contribution in [0.3, 0.4) is 0 Å². The molecule has 2 N–H and O–H groups in total. The topological polar surface area (TPSA) is 65.5 Å². The molecule has 0 aliphatic rings. The lowest BCUT2D eigenvalue weighted by molar-refractivity contribution is -0.117. The maximum atomic E-state index is 10.7. The largest absolute Gasteiger partial charge is 0.493 e. The summed E-state index contributed by atoms with van der Waals surface area (Å²) in [4.78, 5) is 10.7. The molecule has 0 fully saturated rings. The summed E-state index contributed by atoms with van der Waals surface area (Å²) in [7, 11) is 1.57. The first kappa shape index (κ1) is 9.58. The third kappa shape index (κ3) is 1.79. The third-order valence-electron chi connectivity index (χ3n) is 2.13. The van der Waals surface area contributed by atoms with Crippen molar-refractivity contribution in [1.29, 1.82) is 0 Å². The number of carbonyl (C=O) groups is 1. The normalized spacial score (nSPS) is 10.5. The number of ether oxygens (including phenoxy) is 1. The minimum atomic E-state index is -0.409. The van der Waals surface area contributed by atoms with Gasteiger partial charge in [-0.25, -0.2) is 0 Å². The van der Waals surface area contributed by atoms with Crippen molar-refractivity contribution >= 4 is 16.9 Å². The van der Waals surface area contributed by atoms with E-state index in [0.29, 0.717) is 17.1 Å². The van der Waals surface area contributed by atoms with Crippen molar-refractivity contribution in [2.24, 2.45) is 5.73 Å². The molecule has 0 spiro atoms. The highest BCUT2D eigenvalue weighted by Gasteiger charge is 2.09. The minimum absolute atomic E-state index is 0.109. The Morgan fingerprint density at radius 3 is 3.00 bits per heavy atom. The van der Waals surface area contributed by atoms with Crippen molar-refractivity contribution in [3.63, 3.8) is 0 Å². The highest BCUT2D eigenvalue weighted by Crippen LogP contribution is 2.28. The second-order valence-electron chi connectivity index (χ2n) is 3.23. The number of primary amides is 1. The zero-order valence-electron chi connectivity index (χ0n) is 8.32. The van der Waals surface area contributed by atoms with Crippen LogP contribution in [0.15, 0.2) is 28.7 Å². The van der Waals surface area contributed by atoms with Crippen molar-refractivity contribution in [3.05, 3.63) is 30.0 Å². The predicted octanol–water partition coefficient (Wildman–Crippen LogP) is 1.47. The van der Waals surface area contributed by atoms with E-state index in [1.165, 1.54) is 0 Å². The maximum Gasteiger partial charge on any atom is 0.225 e. The van der Waals surface area contributed by atoms with Crippen LogP contribution >= 0.6 is 0 Å². The lowest BCUT2D eigenvalue weighted by atomic mass is 10.2. The monoisotopic (exact) mass is 205 g/mol. The van der Waals surface area contributed by atoms with Crippen molar-refractivity contribution in [3.8, 4) is 5.75 Å². The summed E-state index contributed by atoms with van der Waals surface area (Å²) < 4.78 is 10.6. The fourth-order valence-electron chi connectivity index (χ4n) is 1.51. The molecule has 0 saturated heterocycles. The Labute approximate surface area is 86.6 Å². The van der Waals surface area contributed by atoms with Crippen LogP contribution in [-0.4, -0.2) is 13.0 Å². The maximum absolute atomic E-state index is 10.7. The number of methoxy groups -OCH3 is 1. The van der Waals surface area contributed by atoms with Gasteiger partial charge in [0.05, 0.1) is 13.5 Å². The van der Waals surface area contributed by atoms with E-state index in [2.05, 4.69) is 0 Å². The number of benzene rings is 1. The molecule has 0 radical (unpaired) electrons. The molecular weight excluding hydrogens is 194 g/mol. The summed E-state index contributed by atoms with van der Waals surface area (Å²) >= 11 is 0. The van der Waals surface area contributed by atoms with E-state index in [9.17, 15) is 4.79 Å². The molecule has 0 bridgehead atoms. The van der Waals surface area contributed by atoms with E-state index in [1.807, 2.05) is 12.1 Å². The van der Waals surface area contributed by atoms with E-state index >= 15 is 0 Å². The van der Waals surface area contributed by atoms with Gasteiger partial charge in [-0.1, -0.05) is 12.1 Å². The summed E-state index contributed by atoms with van der Waals surface area (Å²) in [5.74, 6) is 0.804. The van der Waals surface area contributed by atoms with Gasteiger partial charge >= 0.3 is 0 Å². The van der Waals surface area contributed by atoms with Crippen LogP contribution in [-0.2, 0) is 11.2 Å². The van der Waals surface area contributed by atoms with E-state index in [0.717, 1.165) is 5.39 Å². The Hall–Kier alpha value is -1.97. The lowest BCUT2D eigenvalue weighted by Crippen LogP contribution is -2.12. The standard InChI is InChI=1S/C11H11NO3/c1-14-9-4-2-3-7-5-8(6-10(12)13)15-11(7)9/h2-5H,6H2,1H3,(H2,12,13). The Kier molecular flexibility index (Phi) is 2.33. The molecular formula is C11H11NO3. The molecule has 0 aliphatic heterocycles. The van der Waals surface area contributed by atoms with Gasteiger partial charge in [0.1, 0.15) is 5.76 Å².